The SMILES string of the molecule is CC(C)[C@@H](NS(=O)(=O)N1CCN(c2ccc(C#Cc3ccnc(C(=O)NCc4ccc(C(=O)N(C)C#N)cc4)c3)cc2)CC1)C(=O)O. The molecule has 0 unspecified atom stereocenters. The molecule has 3 N–H and O–H groups in total. The predicted molar refractivity (Wildman–Crippen MR) is 174 cm³/mol. The van der Waals surface area contributed by atoms with Crippen LogP contribution in [0.1, 0.15) is 51.4 Å². The summed E-state index contributed by atoms with van der Waals surface area (Å²) in [5.41, 5.74) is 3.60. The lowest BCUT2D eigenvalue weighted by Crippen LogP contribution is -2.55. The van der Waals surface area contributed by atoms with Crippen molar-refractivity contribution in [2.45, 2.75) is 26.4 Å². The van der Waals surface area contributed by atoms with Gasteiger partial charge in [0.15, 0.2) is 6.19 Å². The Morgan fingerprint density at radius 1 is 0.979 bits per heavy atom. The molecule has 2 aromatic carbocycles. The molecule has 0 bridgehead atoms. The van der Waals surface area contributed by atoms with Gasteiger partial charge in [-0.3, -0.25) is 19.4 Å². The van der Waals surface area contributed by atoms with Crippen molar-refractivity contribution in [3.8, 4) is 18.0 Å². The average molecular weight is 658 g/mol. The molecule has 1 aliphatic heterocycles. The van der Waals surface area contributed by atoms with Crippen LogP contribution < -0.4 is 14.9 Å². The van der Waals surface area contributed by atoms with E-state index in [0.29, 0.717) is 24.2 Å². The molecule has 1 atom stereocenters. The van der Waals surface area contributed by atoms with Crippen molar-refractivity contribution in [1.29, 1.82) is 5.26 Å². The van der Waals surface area contributed by atoms with Gasteiger partial charge in [-0.2, -0.15) is 22.7 Å². The Bertz CT molecular complexity index is 1820. The molecule has 0 radical (unpaired) electrons. The van der Waals surface area contributed by atoms with Crippen LogP contribution in [-0.2, 0) is 21.5 Å². The molecular weight excluding hydrogens is 622 g/mol. The molecule has 1 saturated heterocycles. The molecule has 2 amide bonds. The molecule has 1 fully saturated rings. The van der Waals surface area contributed by atoms with Gasteiger partial charge in [0.25, 0.3) is 22.0 Å². The summed E-state index contributed by atoms with van der Waals surface area (Å²) < 4.78 is 29.1. The summed E-state index contributed by atoms with van der Waals surface area (Å²) in [4.78, 5) is 43.4. The molecule has 244 valence electrons. The van der Waals surface area contributed by atoms with E-state index in [-0.39, 0.29) is 31.2 Å². The van der Waals surface area contributed by atoms with Crippen LogP contribution in [0.3, 0.4) is 0 Å². The average Bonchev–Trinajstić information content (AvgIpc) is 3.08. The Hall–Kier alpha value is -5.28. The standard InChI is InChI=1S/C33H35N7O6S/c1-23(2)30(33(43)44)37-47(45,46)40-18-16-39(17-19-40)28-12-8-24(9-13-28)4-5-25-14-15-35-29(20-25)31(41)36-21-26-6-10-27(11-7-26)32(42)38(3)22-34/h6-15,20,23,30,37H,16-19,21H2,1-3H3,(H,36,41)(H,43,44)/t30-/m1/s1. The summed E-state index contributed by atoms with van der Waals surface area (Å²) >= 11 is 0. The zero-order chi connectivity index (χ0) is 34.1. The van der Waals surface area contributed by atoms with Gasteiger partial charge >= 0.3 is 5.97 Å². The van der Waals surface area contributed by atoms with Crippen LogP contribution in [0, 0.1) is 29.2 Å². The van der Waals surface area contributed by atoms with Crippen LogP contribution in [0.25, 0.3) is 0 Å². The number of pyridine rings is 1. The zero-order valence-electron chi connectivity index (χ0n) is 26.2. The van der Waals surface area contributed by atoms with Gasteiger partial charge in [0.1, 0.15) is 11.7 Å². The zero-order valence-corrected chi connectivity index (χ0v) is 27.0. The van der Waals surface area contributed by atoms with Crippen LogP contribution in [0.2, 0.25) is 0 Å². The summed E-state index contributed by atoms with van der Waals surface area (Å²) in [6, 6.07) is 16.2. The van der Waals surface area contributed by atoms with Gasteiger partial charge in [0.2, 0.25) is 0 Å². The number of aliphatic carboxylic acids is 1. The first-order valence-electron chi connectivity index (χ1n) is 14.8. The quantitative estimate of drug-likeness (QED) is 0.167. The number of anilines is 1. The number of nitrogens with one attached hydrogen (secondary N) is 2. The second-order valence-corrected chi connectivity index (χ2v) is 12.8. The highest BCUT2D eigenvalue weighted by molar-refractivity contribution is 7.87. The highest BCUT2D eigenvalue weighted by atomic mass is 32.2. The van der Waals surface area contributed by atoms with Crippen molar-refractivity contribution in [2.75, 3.05) is 38.1 Å². The van der Waals surface area contributed by atoms with Crippen LogP contribution in [-0.4, -0.2) is 84.8 Å². The number of aromatic nitrogens is 1. The van der Waals surface area contributed by atoms with E-state index >= 15 is 0 Å². The number of carboxylic acids is 1. The number of carbonyl (C=O) groups excluding carboxylic acids is 2. The number of rotatable bonds is 10. The number of hydrogen-bond donors (Lipinski definition) is 3. The summed E-state index contributed by atoms with van der Waals surface area (Å²) in [7, 11) is -2.56. The van der Waals surface area contributed by atoms with E-state index in [1.54, 1.807) is 56.4 Å². The van der Waals surface area contributed by atoms with E-state index < -0.39 is 34.0 Å². The Labute approximate surface area is 274 Å². The molecular formula is C33H35N7O6S. The van der Waals surface area contributed by atoms with Gasteiger partial charge < -0.3 is 15.3 Å². The molecule has 2 heterocycles. The minimum absolute atomic E-state index is 0.202. The maximum atomic E-state index is 12.8. The molecule has 0 aliphatic carbocycles. The fourth-order valence-corrected chi connectivity index (χ4v) is 6.19. The first kappa shape index (κ1) is 34.6. The van der Waals surface area contributed by atoms with Gasteiger partial charge in [-0.25, -0.2) is 4.90 Å². The minimum Gasteiger partial charge on any atom is -0.480 e. The Morgan fingerprint density at radius 2 is 1.62 bits per heavy atom. The van der Waals surface area contributed by atoms with Gasteiger partial charge in [-0.1, -0.05) is 37.8 Å². The van der Waals surface area contributed by atoms with Gasteiger partial charge in [0, 0.05) is 68.3 Å². The Morgan fingerprint density at radius 3 is 2.21 bits per heavy atom. The van der Waals surface area contributed by atoms with E-state index in [1.165, 1.54) is 17.5 Å². The van der Waals surface area contributed by atoms with Crippen molar-refractivity contribution in [2.24, 2.45) is 5.92 Å². The van der Waals surface area contributed by atoms with Crippen molar-refractivity contribution in [1.82, 2.24) is 24.2 Å². The summed E-state index contributed by atoms with van der Waals surface area (Å²) in [5, 5.41) is 21.0. The second kappa shape index (κ2) is 15.3. The summed E-state index contributed by atoms with van der Waals surface area (Å²) in [6.45, 7) is 4.84. The first-order valence-corrected chi connectivity index (χ1v) is 16.2. The fourth-order valence-electron chi connectivity index (χ4n) is 4.70. The highest BCUT2D eigenvalue weighted by Crippen LogP contribution is 2.19. The lowest BCUT2D eigenvalue weighted by Gasteiger charge is -2.36. The van der Waals surface area contributed by atoms with E-state index in [9.17, 15) is 27.9 Å². The first-order chi connectivity index (χ1) is 22.4. The number of hydrogen-bond acceptors (Lipinski definition) is 8. The van der Waals surface area contributed by atoms with Crippen molar-refractivity contribution >= 4 is 33.7 Å². The molecule has 0 saturated carbocycles. The van der Waals surface area contributed by atoms with Crippen LogP contribution >= 0.6 is 0 Å². The van der Waals surface area contributed by atoms with Crippen molar-refractivity contribution in [3.63, 3.8) is 0 Å². The lowest BCUT2D eigenvalue weighted by molar-refractivity contribution is -0.140. The smallest absolute Gasteiger partial charge is 0.322 e. The Balaban J connectivity index is 1.30. The molecule has 1 aliphatic rings. The monoisotopic (exact) mass is 657 g/mol. The Kier molecular flexibility index (Phi) is 11.3. The number of nitrogens with zero attached hydrogens (tertiary/aromatic N) is 5. The third-order valence-electron chi connectivity index (χ3n) is 7.47. The van der Waals surface area contributed by atoms with Crippen LogP contribution in [0.5, 0.6) is 0 Å². The highest BCUT2D eigenvalue weighted by Gasteiger charge is 2.33. The molecule has 3 aromatic rings. The number of nitriles is 1. The topological polar surface area (TPSA) is 176 Å². The summed E-state index contributed by atoms with van der Waals surface area (Å²) in [6.07, 6.45) is 3.27. The second-order valence-electron chi connectivity index (χ2n) is 11.1. The van der Waals surface area contributed by atoms with Crippen LogP contribution in [0.15, 0.2) is 66.9 Å². The van der Waals surface area contributed by atoms with E-state index in [2.05, 4.69) is 31.8 Å². The lowest BCUT2D eigenvalue weighted by atomic mass is 10.1. The number of carboxylic acid groups (broad SMARTS) is 1. The van der Waals surface area contributed by atoms with Gasteiger partial charge in [0.05, 0.1) is 0 Å². The number of carbonyl (C=O) groups is 3. The normalized spacial score (nSPS) is 14.0. The summed E-state index contributed by atoms with van der Waals surface area (Å²) in [5.74, 6) is 3.72. The number of piperazine rings is 1. The van der Waals surface area contributed by atoms with E-state index in [1.807, 2.05) is 24.3 Å². The molecule has 47 heavy (non-hydrogen) atoms. The third-order valence-corrected chi connectivity index (χ3v) is 9.07. The largest absolute Gasteiger partial charge is 0.480 e. The molecule has 14 heteroatoms. The van der Waals surface area contributed by atoms with Crippen molar-refractivity contribution in [3.05, 3.63) is 94.8 Å². The third kappa shape index (κ3) is 9.14. The van der Waals surface area contributed by atoms with E-state index in [4.69, 9.17) is 5.26 Å². The predicted octanol–water partition coefficient (Wildman–Crippen LogP) is 2.03. The molecule has 13 nitrogen and oxygen atoms in total. The molecule has 1 aromatic heterocycles. The van der Waals surface area contributed by atoms with E-state index in [0.717, 1.165) is 21.7 Å². The van der Waals surface area contributed by atoms with Gasteiger partial charge in [-0.05, 0) is 60.0 Å². The molecule has 4 rings (SSSR count). The van der Waals surface area contributed by atoms with Gasteiger partial charge in [-0.15, -0.1) is 0 Å². The number of amides is 2. The number of benzene rings is 2. The van der Waals surface area contributed by atoms with Crippen LogP contribution in [0.4, 0.5) is 5.69 Å². The maximum Gasteiger partial charge on any atom is 0.322 e. The minimum atomic E-state index is -3.94. The maximum absolute atomic E-state index is 12.8. The fraction of sp³-hybridized carbons (Fsp3) is 0.303. The van der Waals surface area contributed by atoms with Crippen molar-refractivity contribution < 1.29 is 27.9 Å². The molecule has 0 spiro atoms.